The predicted molar refractivity (Wildman–Crippen MR) is 162 cm³/mol. The van der Waals surface area contributed by atoms with Crippen LogP contribution in [0, 0.1) is 17.0 Å². The maximum atomic E-state index is 15.6. The zero-order chi connectivity index (χ0) is 31.8. The summed E-state index contributed by atoms with van der Waals surface area (Å²) in [6.07, 6.45) is -1.40. The lowest BCUT2D eigenvalue weighted by atomic mass is 9.95. The lowest BCUT2D eigenvalue weighted by Crippen LogP contribution is -2.34. The first-order valence-electron chi connectivity index (χ1n) is 14.1. The minimum Gasteiger partial charge on any atom is -0.487 e. The van der Waals surface area contributed by atoms with Crippen molar-refractivity contribution in [1.82, 2.24) is 14.9 Å². The fraction of sp³-hybridized carbons (Fsp3) is 0.344. The number of amides is 2. The smallest absolute Gasteiger partial charge is 0.272 e. The Balaban J connectivity index is 1.52. The van der Waals surface area contributed by atoms with Crippen LogP contribution in [-0.4, -0.2) is 34.4 Å². The number of halogens is 5. The zero-order valence-corrected chi connectivity index (χ0v) is 25.9. The first-order chi connectivity index (χ1) is 20.8. The van der Waals surface area contributed by atoms with Crippen molar-refractivity contribution in [2.75, 3.05) is 11.9 Å². The average Bonchev–Trinajstić information content (AvgIpc) is 3.74. The van der Waals surface area contributed by atoms with Crippen molar-refractivity contribution in [2.24, 2.45) is 5.41 Å². The zero-order valence-electron chi connectivity index (χ0n) is 24.3. The third-order valence-electron chi connectivity index (χ3n) is 7.21. The van der Waals surface area contributed by atoms with Crippen LogP contribution in [0.3, 0.4) is 0 Å². The third kappa shape index (κ3) is 7.06. The standard InChI is InChI=1S/C32H31BrF4N4O3/c1-32(2,3)31(43)38-15-17-4-11-23(34)21(29(17)37)13-28-40-24-12-22(30(42)39-19-7-5-18(33)6-8-19)26(44-16-27(35)36)14-25(24)41(28)20-9-10-20/h4-8,11-12,14,20,27H,9-10,13,15-16H2,1-3H3,(H,38,43)(H,39,42). The number of hydrogen-bond donors (Lipinski definition) is 2. The number of carbonyl (C=O) groups is 2. The van der Waals surface area contributed by atoms with E-state index in [0.717, 1.165) is 23.4 Å². The van der Waals surface area contributed by atoms with Crippen LogP contribution in [0.2, 0.25) is 0 Å². The van der Waals surface area contributed by atoms with Crippen molar-refractivity contribution in [3.05, 3.63) is 87.2 Å². The number of rotatable bonds is 10. The van der Waals surface area contributed by atoms with E-state index in [1.807, 2.05) is 4.57 Å². The molecule has 2 N–H and O–H groups in total. The van der Waals surface area contributed by atoms with E-state index in [1.54, 1.807) is 45.0 Å². The van der Waals surface area contributed by atoms with E-state index < -0.39 is 36.0 Å². The molecule has 0 radical (unpaired) electrons. The molecule has 0 unspecified atom stereocenters. The number of fused-ring (bicyclic) bond motifs is 1. The Bertz CT molecular complexity index is 1710. The highest BCUT2D eigenvalue weighted by Crippen LogP contribution is 2.41. The largest absolute Gasteiger partial charge is 0.487 e. The average molecular weight is 676 g/mol. The van der Waals surface area contributed by atoms with Gasteiger partial charge in [0.1, 0.15) is 29.8 Å². The molecule has 44 heavy (non-hydrogen) atoms. The second kappa shape index (κ2) is 12.6. The minimum absolute atomic E-state index is 0.0120. The Hall–Kier alpha value is -3.93. The molecule has 0 saturated heterocycles. The molecule has 1 aliphatic carbocycles. The topological polar surface area (TPSA) is 85.2 Å². The Morgan fingerprint density at radius 2 is 1.80 bits per heavy atom. The number of ether oxygens (including phenoxy) is 1. The maximum Gasteiger partial charge on any atom is 0.272 e. The molecular formula is C32H31BrF4N4O3. The number of benzene rings is 3. The summed E-state index contributed by atoms with van der Waals surface area (Å²) in [4.78, 5) is 30.3. The summed E-state index contributed by atoms with van der Waals surface area (Å²) in [7, 11) is 0. The maximum absolute atomic E-state index is 15.6. The molecule has 0 atom stereocenters. The van der Waals surface area contributed by atoms with Crippen LogP contribution >= 0.6 is 15.9 Å². The van der Waals surface area contributed by atoms with Crippen molar-refractivity contribution in [2.45, 2.75) is 59.0 Å². The molecule has 7 nitrogen and oxygen atoms in total. The van der Waals surface area contributed by atoms with Gasteiger partial charge in [0.25, 0.3) is 12.3 Å². The van der Waals surface area contributed by atoms with Gasteiger partial charge in [-0.2, -0.15) is 0 Å². The number of carbonyl (C=O) groups excluding carboxylic acids is 2. The first kappa shape index (κ1) is 31.5. The number of anilines is 1. The summed E-state index contributed by atoms with van der Waals surface area (Å²) in [5.74, 6) is -2.13. The number of nitrogens with one attached hydrogen (secondary N) is 2. The normalized spacial score (nSPS) is 13.4. The Kier molecular flexibility index (Phi) is 9.01. The molecule has 0 bridgehead atoms. The van der Waals surface area contributed by atoms with Gasteiger partial charge in [-0.05, 0) is 49.2 Å². The lowest BCUT2D eigenvalue weighted by molar-refractivity contribution is -0.128. The summed E-state index contributed by atoms with van der Waals surface area (Å²) in [5, 5.41) is 5.42. The molecule has 0 spiro atoms. The quantitative estimate of drug-likeness (QED) is 0.170. The van der Waals surface area contributed by atoms with E-state index in [0.29, 0.717) is 22.5 Å². The van der Waals surface area contributed by atoms with E-state index in [-0.39, 0.29) is 47.4 Å². The van der Waals surface area contributed by atoms with Gasteiger partial charge in [-0.15, -0.1) is 0 Å². The van der Waals surface area contributed by atoms with Crippen molar-refractivity contribution in [3.63, 3.8) is 0 Å². The molecule has 4 aromatic rings. The molecule has 0 aliphatic heterocycles. The van der Waals surface area contributed by atoms with Crippen molar-refractivity contribution < 1.29 is 31.9 Å². The van der Waals surface area contributed by atoms with Gasteiger partial charge in [0, 0.05) is 51.8 Å². The Labute approximate surface area is 260 Å². The fourth-order valence-corrected chi connectivity index (χ4v) is 5.03. The summed E-state index contributed by atoms with van der Waals surface area (Å²) in [6, 6.07) is 12.2. The summed E-state index contributed by atoms with van der Waals surface area (Å²) < 4.78 is 65.0. The summed E-state index contributed by atoms with van der Waals surface area (Å²) in [6.45, 7) is 4.16. The highest BCUT2D eigenvalue weighted by Gasteiger charge is 2.31. The monoisotopic (exact) mass is 674 g/mol. The third-order valence-corrected chi connectivity index (χ3v) is 7.74. The number of imidazole rings is 1. The van der Waals surface area contributed by atoms with E-state index >= 15 is 8.78 Å². The van der Waals surface area contributed by atoms with Crippen LogP contribution in [-0.2, 0) is 17.8 Å². The molecule has 12 heteroatoms. The van der Waals surface area contributed by atoms with E-state index in [4.69, 9.17) is 4.74 Å². The number of hydrogen-bond acceptors (Lipinski definition) is 4. The molecule has 3 aromatic carbocycles. The van der Waals surface area contributed by atoms with Gasteiger partial charge >= 0.3 is 0 Å². The van der Waals surface area contributed by atoms with Crippen molar-refractivity contribution in [3.8, 4) is 5.75 Å². The van der Waals surface area contributed by atoms with Gasteiger partial charge in [-0.25, -0.2) is 22.5 Å². The van der Waals surface area contributed by atoms with Gasteiger partial charge in [-0.1, -0.05) is 42.8 Å². The van der Waals surface area contributed by atoms with Gasteiger partial charge < -0.3 is 19.9 Å². The molecule has 2 amide bonds. The molecule has 1 saturated carbocycles. The van der Waals surface area contributed by atoms with Crippen LogP contribution in [0.1, 0.15) is 67.0 Å². The van der Waals surface area contributed by atoms with Crippen LogP contribution in [0.15, 0.2) is 53.0 Å². The fourth-order valence-electron chi connectivity index (χ4n) is 4.76. The minimum atomic E-state index is -2.77. The SMILES string of the molecule is CC(C)(C)C(=O)NCc1ccc(F)c(Cc2nc3cc(C(=O)Nc4ccc(Br)cc4)c(OCC(F)F)cc3n2C2CC2)c1F. The number of aromatic nitrogens is 2. The molecule has 232 valence electrons. The Morgan fingerprint density at radius 1 is 1.09 bits per heavy atom. The van der Waals surface area contributed by atoms with Crippen LogP contribution in [0.25, 0.3) is 11.0 Å². The number of nitrogens with zero attached hydrogens (tertiary/aromatic N) is 2. The predicted octanol–water partition coefficient (Wildman–Crippen LogP) is 7.56. The van der Waals surface area contributed by atoms with Crippen LogP contribution in [0.4, 0.5) is 23.2 Å². The highest BCUT2D eigenvalue weighted by atomic mass is 79.9. The molecule has 5 rings (SSSR count). The Morgan fingerprint density at radius 3 is 2.43 bits per heavy atom. The van der Waals surface area contributed by atoms with Gasteiger partial charge in [-0.3, -0.25) is 9.59 Å². The van der Waals surface area contributed by atoms with Crippen LogP contribution < -0.4 is 15.4 Å². The molecule has 1 heterocycles. The van der Waals surface area contributed by atoms with Crippen molar-refractivity contribution >= 4 is 44.5 Å². The van der Waals surface area contributed by atoms with E-state index in [1.165, 1.54) is 18.2 Å². The first-order valence-corrected chi connectivity index (χ1v) is 14.9. The van der Waals surface area contributed by atoms with Gasteiger partial charge in [0.15, 0.2) is 0 Å². The molecule has 1 fully saturated rings. The molecular weight excluding hydrogens is 644 g/mol. The molecule has 1 aromatic heterocycles. The highest BCUT2D eigenvalue weighted by molar-refractivity contribution is 9.10. The molecule has 1 aliphatic rings. The van der Waals surface area contributed by atoms with Gasteiger partial charge in [0.2, 0.25) is 5.91 Å². The second-order valence-corrected chi connectivity index (χ2v) is 12.7. The number of alkyl halides is 2. The lowest BCUT2D eigenvalue weighted by Gasteiger charge is -2.18. The van der Waals surface area contributed by atoms with Crippen molar-refractivity contribution in [1.29, 1.82) is 0 Å². The van der Waals surface area contributed by atoms with E-state index in [9.17, 15) is 18.4 Å². The second-order valence-electron chi connectivity index (χ2n) is 11.7. The van der Waals surface area contributed by atoms with Crippen LogP contribution in [0.5, 0.6) is 5.75 Å². The van der Waals surface area contributed by atoms with E-state index in [2.05, 4.69) is 31.5 Å². The summed E-state index contributed by atoms with van der Waals surface area (Å²) >= 11 is 3.33. The van der Waals surface area contributed by atoms with Gasteiger partial charge in [0.05, 0.1) is 16.6 Å². The summed E-state index contributed by atoms with van der Waals surface area (Å²) in [5.41, 5.74) is 0.553.